The van der Waals surface area contributed by atoms with Gasteiger partial charge in [-0.1, -0.05) is 0 Å². The van der Waals surface area contributed by atoms with Crippen LogP contribution >= 0.6 is 15.9 Å². The zero-order chi connectivity index (χ0) is 13.8. The van der Waals surface area contributed by atoms with Crippen molar-refractivity contribution in [2.24, 2.45) is 0 Å². The Balaban J connectivity index is 1.97. The molecule has 2 amide bonds. The van der Waals surface area contributed by atoms with Gasteiger partial charge in [0.2, 0.25) is 5.91 Å². The van der Waals surface area contributed by atoms with Gasteiger partial charge >= 0.3 is 0 Å². The fourth-order valence-corrected chi connectivity index (χ4v) is 2.46. The Hall–Kier alpha value is -1.43. The van der Waals surface area contributed by atoms with E-state index >= 15 is 0 Å². The summed E-state index contributed by atoms with van der Waals surface area (Å²) in [7, 11) is 1.64. The summed E-state index contributed by atoms with van der Waals surface area (Å²) in [6.07, 6.45) is 5.23. The summed E-state index contributed by atoms with van der Waals surface area (Å²) in [4.78, 5) is 31.3. The molecule has 0 atom stereocenters. The molecule has 0 unspecified atom stereocenters. The largest absolute Gasteiger partial charge is 0.341 e. The Morgan fingerprint density at radius 3 is 2.68 bits per heavy atom. The topological polar surface area (TPSA) is 53.5 Å². The minimum atomic E-state index is -0.193. The van der Waals surface area contributed by atoms with Gasteiger partial charge in [0.25, 0.3) is 5.91 Å². The Kier molecular flexibility index (Phi) is 4.52. The molecule has 0 spiro atoms. The molecule has 0 bridgehead atoms. The molecule has 19 heavy (non-hydrogen) atoms. The first kappa shape index (κ1) is 14.0. The first-order valence-electron chi connectivity index (χ1n) is 6.21. The van der Waals surface area contributed by atoms with E-state index in [9.17, 15) is 9.59 Å². The number of pyridine rings is 1. The number of carbonyl (C=O) groups is 2. The van der Waals surface area contributed by atoms with E-state index in [0.717, 1.165) is 30.4 Å². The van der Waals surface area contributed by atoms with Crippen molar-refractivity contribution in [2.75, 3.05) is 26.7 Å². The highest BCUT2D eigenvalue weighted by atomic mass is 79.9. The Morgan fingerprint density at radius 1 is 1.37 bits per heavy atom. The molecule has 0 aromatic carbocycles. The fourth-order valence-electron chi connectivity index (χ4n) is 2.09. The van der Waals surface area contributed by atoms with E-state index in [4.69, 9.17) is 0 Å². The highest BCUT2D eigenvalue weighted by molar-refractivity contribution is 9.10. The molecule has 1 fully saturated rings. The van der Waals surface area contributed by atoms with Gasteiger partial charge in [-0.25, -0.2) is 0 Å². The van der Waals surface area contributed by atoms with E-state index in [1.54, 1.807) is 19.3 Å². The predicted octanol–water partition coefficient (Wildman–Crippen LogP) is 1.54. The third-order valence-electron chi connectivity index (χ3n) is 3.13. The number of halogens is 1. The Labute approximate surface area is 120 Å². The number of nitrogens with zero attached hydrogens (tertiary/aromatic N) is 3. The maximum absolute atomic E-state index is 12.1. The zero-order valence-electron chi connectivity index (χ0n) is 10.8. The van der Waals surface area contributed by atoms with Crippen LogP contribution in [0.15, 0.2) is 22.9 Å². The molecule has 5 nitrogen and oxygen atoms in total. The highest BCUT2D eigenvalue weighted by Crippen LogP contribution is 2.12. The first-order valence-corrected chi connectivity index (χ1v) is 7.01. The molecule has 2 heterocycles. The molecule has 1 aliphatic rings. The maximum Gasteiger partial charge on any atom is 0.255 e. The van der Waals surface area contributed by atoms with E-state index in [1.165, 1.54) is 11.1 Å². The number of rotatable bonds is 3. The Morgan fingerprint density at radius 2 is 2.05 bits per heavy atom. The van der Waals surface area contributed by atoms with E-state index < -0.39 is 0 Å². The van der Waals surface area contributed by atoms with E-state index in [1.807, 2.05) is 4.90 Å². The molecule has 1 saturated heterocycles. The minimum Gasteiger partial charge on any atom is -0.341 e. The van der Waals surface area contributed by atoms with Crippen LogP contribution in [0.3, 0.4) is 0 Å². The lowest BCUT2D eigenvalue weighted by molar-refractivity contribution is -0.130. The molecule has 102 valence electrons. The van der Waals surface area contributed by atoms with Crippen molar-refractivity contribution in [3.63, 3.8) is 0 Å². The average Bonchev–Trinajstić information content (AvgIpc) is 2.91. The van der Waals surface area contributed by atoms with Crippen molar-refractivity contribution < 1.29 is 9.59 Å². The molecule has 2 rings (SSSR count). The summed E-state index contributed by atoms with van der Waals surface area (Å²) in [6.45, 7) is 1.73. The van der Waals surface area contributed by atoms with E-state index in [2.05, 4.69) is 20.9 Å². The number of carbonyl (C=O) groups excluding carboxylic acids is 2. The second-order valence-corrected chi connectivity index (χ2v) is 5.56. The third kappa shape index (κ3) is 3.53. The van der Waals surface area contributed by atoms with Gasteiger partial charge in [0.05, 0.1) is 12.1 Å². The van der Waals surface area contributed by atoms with Gasteiger partial charge in [-0.05, 0) is 34.8 Å². The fraction of sp³-hybridized carbons (Fsp3) is 0.462. The molecule has 0 radical (unpaired) electrons. The lowest BCUT2D eigenvalue weighted by atomic mass is 10.2. The molecular formula is C13H16BrN3O2. The maximum atomic E-state index is 12.1. The van der Waals surface area contributed by atoms with Crippen molar-refractivity contribution in [2.45, 2.75) is 12.8 Å². The van der Waals surface area contributed by atoms with Crippen molar-refractivity contribution >= 4 is 27.7 Å². The van der Waals surface area contributed by atoms with E-state index in [0.29, 0.717) is 5.56 Å². The summed E-state index contributed by atoms with van der Waals surface area (Å²) in [5, 5.41) is 0. The second kappa shape index (κ2) is 6.14. The quantitative estimate of drug-likeness (QED) is 0.847. The number of hydrogen-bond acceptors (Lipinski definition) is 3. The van der Waals surface area contributed by atoms with Crippen LogP contribution in [0.4, 0.5) is 0 Å². The lowest BCUT2D eigenvalue weighted by Gasteiger charge is -2.21. The van der Waals surface area contributed by atoms with Crippen LogP contribution in [0.2, 0.25) is 0 Å². The summed E-state index contributed by atoms with van der Waals surface area (Å²) < 4.78 is 0.748. The normalized spacial score (nSPS) is 14.5. The van der Waals surface area contributed by atoms with Gasteiger partial charge in [0, 0.05) is 37.0 Å². The number of hydrogen-bond donors (Lipinski definition) is 0. The van der Waals surface area contributed by atoms with Crippen molar-refractivity contribution in [3.8, 4) is 0 Å². The summed E-state index contributed by atoms with van der Waals surface area (Å²) in [5.41, 5.74) is 0.478. The molecule has 0 saturated carbocycles. The SMILES string of the molecule is CN(CC(=O)N1CCCC1)C(=O)c1cncc(Br)c1. The summed E-state index contributed by atoms with van der Waals surface area (Å²) in [5.74, 6) is -0.183. The van der Waals surface area contributed by atoms with Crippen molar-refractivity contribution in [1.82, 2.24) is 14.8 Å². The van der Waals surface area contributed by atoms with E-state index in [-0.39, 0.29) is 18.4 Å². The van der Waals surface area contributed by atoms with Gasteiger partial charge in [-0.2, -0.15) is 0 Å². The van der Waals surface area contributed by atoms with Gasteiger partial charge in [0.15, 0.2) is 0 Å². The first-order chi connectivity index (χ1) is 9.08. The van der Waals surface area contributed by atoms with Crippen molar-refractivity contribution in [3.05, 3.63) is 28.5 Å². The van der Waals surface area contributed by atoms with Crippen LogP contribution in [0.25, 0.3) is 0 Å². The van der Waals surface area contributed by atoms with Gasteiger partial charge in [-0.3, -0.25) is 14.6 Å². The van der Waals surface area contributed by atoms with Gasteiger partial charge in [0.1, 0.15) is 0 Å². The van der Waals surface area contributed by atoms with Crippen LogP contribution in [0, 0.1) is 0 Å². The van der Waals surface area contributed by atoms with Crippen LogP contribution in [0.5, 0.6) is 0 Å². The third-order valence-corrected chi connectivity index (χ3v) is 3.56. The number of aromatic nitrogens is 1. The summed E-state index contributed by atoms with van der Waals surface area (Å²) in [6, 6.07) is 1.70. The van der Waals surface area contributed by atoms with Gasteiger partial charge in [-0.15, -0.1) is 0 Å². The molecule has 0 N–H and O–H groups in total. The summed E-state index contributed by atoms with van der Waals surface area (Å²) >= 11 is 3.28. The average molecular weight is 326 g/mol. The minimum absolute atomic E-state index is 0.0105. The predicted molar refractivity (Wildman–Crippen MR) is 74.7 cm³/mol. The molecule has 6 heteroatoms. The number of likely N-dealkylation sites (N-methyl/N-ethyl adjacent to an activating group) is 1. The molecule has 0 aliphatic carbocycles. The lowest BCUT2D eigenvalue weighted by Crippen LogP contribution is -2.39. The van der Waals surface area contributed by atoms with Crippen molar-refractivity contribution in [1.29, 1.82) is 0 Å². The second-order valence-electron chi connectivity index (χ2n) is 4.64. The van der Waals surface area contributed by atoms with Crippen LogP contribution in [-0.4, -0.2) is 53.3 Å². The number of likely N-dealkylation sites (tertiary alicyclic amines) is 1. The Bertz CT molecular complexity index is 487. The standard InChI is InChI=1S/C13H16BrN3O2/c1-16(9-12(18)17-4-2-3-5-17)13(19)10-6-11(14)8-15-7-10/h6-8H,2-5,9H2,1H3. The van der Waals surface area contributed by atoms with Crippen LogP contribution < -0.4 is 0 Å². The number of amides is 2. The monoisotopic (exact) mass is 325 g/mol. The zero-order valence-corrected chi connectivity index (χ0v) is 12.4. The van der Waals surface area contributed by atoms with Crippen LogP contribution in [0.1, 0.15) is 23.2 Å². The van der Waals surface area contributed by atoms with Crippen LogP contribution in [-0.2, 0) is 4.79 Å². The molecule has 1 aliphatic heterocycles. The molecule has 1 aromatic heterocycles. The highest BCUT2D eigenvalue weighted by Gasteiger charge is 2.21. The smallest absolute Gasteiger partial charge is 0.255 e. The van der Waals surface area contributed by atoms with Gasteiger partial charge < -0.3 is 9.80 Å². The molecule has 1 aromatic rings. The molecular weight excluding hydrogens is 310 g/mol.